The normalized spacial score (nSPS) is 16.0. The highest BCUT2D eigenvalue weighted by Crippen LogP contribution is 2.20. The molecule has 7 amide bonds. The van der Waals surface area contributed by atoms with E-state index in [1.807, 2.05) is 26.0 Å². The number of benzene rings is 1. The number of para-hydroxylation sites is 1. The number of H-pyrrole nitrogens is 1. The predicted octanol–water partition coefficient (Wildman–Crippen LogP) is -2.58. The SMILES string of the molecule is CC(C)C[C@H](NC(=O)CNC(=O)[C@H](CC(C)C)NC(=O)[C@@H]1CCCN1C(=O)CN)C(=O)N[C@@H](CCCN=C(N)N)C(=O)N[C@@H](CO)C(=O)N[C@@H](Cc1c[nH]c2ccccc12)C(=O)O. The van der Waals surface area contributed by atoms with Crippen LogP contribution in [0.2, 0.25) is 0 Å². The number of aromatic amines is 1. The standard InChI is InChI=1S/C41H64N12O10/c1-22(2)15-28(50-39(61)32-12-8-14-53(32)34(56)18-42)35(57)47-20-33(55)48-29(16-23(3)4)37(59)49-27(11-7-13-45-41(43)44)36(58)52-31(21-54)38(60)51-30(40(62)63)17-24-19-46-26-10-6-5-9-25(24)26/h5-6,9-10,19,22-23,27-32,46,54H,7-8,11-18,20-21,42H2,1-4H3,(H,47,57)(H,48,55)(H,49,59)(H,50,61)(H,51,60)(H,52,58)(H,62,63)(H4,43,44,45)/t27-,28-,29-,30-,31-,32-/m0/s1. The molecule has 1 fully saturated rings. The van der Waals surface area contributed by atoms with Gasteiger partial charge in [0.2, 0.25) is 41.4 Å². The molecule has 0 radical (unpaired) electrons. The Kier molecular flexibility index (Phi) is 20.2. The number of aliphatic imine (C=N–C) groups is 1. The maximum absolute atomic E-state index is 13.8. The van der Waals surface area contributed by atoms with Gasteiger partial charge in [0, 0.05) is 36.6 Å². The van der Waals surface area contributed by atoms with Crippen LogP contribution in [0.3, 0.4) is 0 Å². The van der Waals surface area contributed by atoms with Crippen LogP contribution in [0.1, 0.15) is 71.8 Å². The fourth-order valence-electron chi connectivity index (χ4n) is 7.17. The summed E-state index contributed by atoms with van der Waals surface area (Å²) < 4.78 is 0. The van der Waals surface area contributed by atoms with Crippen LogP contribution in [-0.2, 0) is 44.8 Å². The highest BCUT2D eigenvalue weighted by molar-refractivity contribution is 5.97. The third kappa shape index (κ3) is 16.2. The van der Waals surface area contributed by atoms with E-state index in [0.717, 1.165) is 10.9 Å². The number of aliphatic hydroxyl groups is 1. The fourth-order valence-corrected chi connectivity index (χ4v) is 7.17. The average Bonchev–Trinajstić information content (AvgIpc) is 3.89. The van der Waals surface area contributed by atoms with Gasteiger partial charge in [-0.05, 0) is 62.0 Å². The molecule has 2 aromatic rings. The lowest BCUT2D eigenvalue weighted by Gasteiger charge is -2.27. The Balaban J connectivity index is 1.70. The van der Waals surface area contributed by atoms with Gasteiger partial charge in [-0.3, -0.25) is 38.6 Å². The average molecular weight is 885 g/mol. The lowest BCUT2D eigenvalue weighted by Crippen LogP contribution is -2.59. The molecule has 0 spiro atoms. The van der Waals surface area contributed by atoms with Gasteiger partial charge >= 0.3 is 5.97 Å². The molecule has 15 N–H and O–H groups in total. The molecular weight excluding hydrogens is 821 g/mol. The number of aliphatic hydroxyl groups excluding tert-OH is 1. The van der Waals surface area contributed by atoms with Crippen molar-refractivity contribution in [2.45, 2.75) is 109 Å². The van der Waals surface area contributed by atoms with E-state index >= 15 is 0 Å². The Morgan fingerprint density at radius 1 is 0.825 bits per heavy atom. The number of amides is 7. The molecule has 0 unspecified atom stereocenters. The second kappa shape index (κ2) is 25.0. The zero-order valence-corrected chi connectivity index (χ0v) is 36.3. The second-order valence-corrected chi connectivity index (χ2v) is 16.3. The second-order valence-electron chi connectivity index (χ2n) is 16.3. The maximum atomic E-state index is 13.8. The van der Waals surface area contributed by atoms with Gasteiger partial charge in [0.1, 0.15) is 36.3 Å². The van der Waals surface area contributed by atoms with Crippen molar-refractivity contribution in [1.82, 2.24) is 41.8 Å². The number of aliphatic carboxylic acids is 1. The Hall–Kier alpha value is -6.29. The van der Waals surface area contributed by atoms with E-state index in [2.05, 4.69) is 41.9 Å². The fraction of sp³-hybridized carbons (Fsp3) is 0.585. The van der Waals surface area contributed by atoms with Gasteiger partial charge < -0.3 is 69.2 Å². The number of carbonyl (C=O) groups is 8. The molecule has 348 valence electrons. The van der Waals surface area contributed by atoms with Crippen molar-refractivity contribution in [3.63, 3.8) is 0 Å². The number of nitrogens with two attached hydrogens (primary N) is 3. The van der Waals surface area contributed by atoms with E-state index in [1.165, 1.54) is 4.90 Å². The molecule has 1 aromatic heterocycles. The van der Waals surface area contributed by atoms with Crippen molar-refractivity contribution >= 4 is 64.2 Å². The molecule has 63 heavy (non-hydrogen) atoms. The third-order valence-corrected chi connectivity index (χ3v) is 10.3. The van der Waals surface area contributed by atoms with Crippen molar-refractivity contribution in [3.8, 4) is 0 Å². The van der Waals surface area contributed by atoms with E-state index in [0.29, 0.717) is 24.9 Å². The highest BCUT2D eigenvalue weighted by Gasteiger charge is 2.36. The summed E-state index contributed by atoms with van der Waals surface area (Å²) in [5, 5.41) is 36.0. The summed E-state index contributed by atoms with van der Waals surface area (Å²) in [7, 11) is 0. The van der Waals surface area contributed by atoms with Crippen LogP contribution < -0.4 is 49.1 Å². The summed E-state index contributed by atoms with van der Waals surface area (Å²) in [6, 6.07) is -0.226. The van der Waals surface area contributed by atoms with Crippen molar-refractivity contribution in [3.05, 3.63) is 36.0 Å². The van der Waals surface area contributed by atoms with Crippen molar-refractivity contribution in [2.75, 3.05) is 32.8 Å². The number of nitrogens with zero attached hydrogens (tertiary/aromatic N) is 2. The molecule has 6 atom stereocenters. The molecular formula is C41H64N12O10. The molecule has 0 bridgehead atoms. The number of carboxylic acids is 1. The molecule has 2 heterocycles. The first kappa shape index (κ1) is 51.1. The molecule has 22 nitrogen and oxygen atoms in total. The van der Waals surface area contributed by atoms with Crippen molar-refractivity contribution in [2.24, 2.45) is 34.0 Å². The first-order valence-corrected chi connectivity index (χ1v) is 21.1. The number of nitrogens with one attached hydrogen (secondary N) is 7. The number of likely N-dealkylation sites (tertiary alicyclic amines) is 1. The van der Waals surface area contributed by atoms with E-state index in [-0.39, 0.29) is 68.9 Å². The third-order valence-electron chi connectivity index (χ3n) is 10.3. The van der Waals surface area contributed by atoms with Gasteiger partial charge in [-0.25, -0.2) is 4.79 Å². The van der Waals surface area contributed by atoms with Gasteiger partial charge in [0.25, 0.3) is 0 Å². The molecule has 3 rings (SSSR count). The molecule has 1 aliphatic rings. The van der Waals surface area contributed by atoms with Gasteiger partial charge in [0.15, 0.2) is 5.96 Å². The van der Waals surface area contributed by atoms with E-state index < -0.39 is 90.8 Å². The van der Waals surface area contributed by atoms with Crippen LogP contribution in [0.5, 0.6) is 0 Å². The molecule has 0 saturated carbocycles. The number of fused-ring (bicyclic) bond motifs is 1. The highest BCUT2D eigenvalue weighted by atomic mass is 16.4. The minimum Gasteiger partial charge on any atom is -0.480 e. The van der Waals surface area contributed by atoms with Gasteiger partial charge in [0.05, 0.1) is 19.7 Å². The van der Waals surface area contributed by atoms with Gasteiger partial charge in [-0.15, -0.1) is 0 Å². The first-order chi connectivity index (χ1) is 29.8. The lowest BCUT2D eigenvalue weighted by molar-refractivity contribution is -0.142. The van der Waals surface area contributed by atoms with E-state index in [1.54, 1.807) is 32.2 Å². The predicted molar refractivity (Wildman–Crippen MR) is 232 cm³/mol. The lowest BCUT2D eigenvalue weighted by atomic mass is 10.0. The number of aromatic nitrogens is 1. The van der Waals surface area contributed by atoms with Crippen LogP contribution in [-0.4, -0.2) is 142 Å². The summed E-state index contributed by atoms with van der Waals surface area (Å²) in [4.78, 5) is 113. The molecule has 1 saturated heterocycles. The monoisotopic (exact) mass is 884 g/mol. The largest absolute Gasteiger partial charge is 0.480 e. The van der Waals surface area contributed by atoms with Crippen LogP contribution in [0.15, 0.2) is 35.5 Å². The summed E-state index contributed by atoms with van der Waals surface area (Å²) in [6.45, 7) is 5.98. The minimum absolute atomic E-state index is 0.0383. The maximum Gasteiger partial charge on any atom is 0.326 e. The van der Waals surface area contributed by atoms with Crippen LogP contribution in [0.25, 0.3) is 10.9 Å². The number of hydrogen-bond donors (Lipinski definition) is 12. The Morgan fingerprint density at radius 3 is 2.05 bits per heavy atom. The topological polar surface area (TPSA) is 359 Å². The summed E-state index contributed by atoms with van der Waals surface area (Å²) >= 11 is 0. The van der Waals surface area contributed by atoms with Gasteiger partial charge in [-0.1, -0.05) is 45.9 Å². The molecule has 0 aliphatic carbocycles. The smallest absolute Gasteiger partial charge is 0.326 e. The molecule has 1 aliphatic heterocycles. The number of carboxylic acid groups (broad SMARTS) is 1. The van der Waals surface area contributed by atoms with Crippen LogP contribution in [0.4, 0.5) is 0 Å². The zero-order chi connectivity index (χ0) is 46.8. The van der Waals surface area contributed by atoms with Crippen molar-refractivity contribution < 1.29 is 48.6 Å². The van der Waals surface area contributed by atoms with Crippen LogP contribution >= 0.6 is 0 Å². The Morgan fingerprint density at radius 2 is 1.43 bits per heavy atom. The molecule has 22 heteroatoms. The van der Waals surface area contributed by atoms with E-state index in [4.69, 9.17) is 17.2 Å². The number of carbonyl (C=O) groups excluding carboxylic acids is 7. The number of rotatable bonds is 25. The minimum atomic E-state index is -1.62. The zero-order valence-electron chi connectivity index (χ0n) is 36.3. The summed E-state index contributed by atoms with van der Waals surface area (Å²) in [5.41, 5.74) is 17.8. The first-order valence-electron chi connectivity index (χ1n) is 21.1. The quantitative estimate of drug-likeness (QED) is 0.0277. The van der Waals surface area contributed by atoms with Gasteiger partial charge in [-0.2, -0.15) is 0 Å². The van der Waals surface area contributed by atoms with Crippen LogP contribution in [0, 0.1) is 11.8 Å². The van der Waals surface area contributed by atoms with Crippen molar-refractivity contribution in [1.29, 1.82) is 0 Å². The number of guanidine groups is 1. The van der Waals surface area contributed by atoms with E-state index in [9.17, 15) is 48.6 Å². The Labute approximate surface area is 365 Å². The summed E-state index contributed by atoms with van der Waals surface area (Å²) in [5.74, 6) is -6.72. The molecule has 1 aromatic carbocycles. The number of hydrogen-bond acceptors (Lipinski definition) is 11. The Bertz CT molecular complexity index is 1950. The summed E-state index contributed by atoms with van der Waals surface area (Å²) in [6.07, 6.45) is 2.97.